The number of benzene rings is 3. The van der Waals surface area contributed by atoms with Gasteiger partial charge < -0.3 is 18.3 Å². The molecule has 0 aliphatic carbocycles. The Kier molecular flexibility index (Phi) is 24.0. The molecule has 0 aliphatic rings. The van der Waals surface area contributed by atoms with Crippen LogP contribution in [0.2, 0.25) is 0 Å². The predicted molar refractivity (Wildman–Crippen MR) is 372 cm³/mol. The molecule has 89 heavy (non-hydrogen) atoms. The number of hydrogen-bond acceptors (Lipinski definition) is 10. The number of rotatable bonds is 33. The zero-order valence-electron chi connectivity index (χ0n) is 53.3. The molecule has 0 fully saturated rings. The Morgan fingerprint density at radius 2 is 0.348 bits per heavy atom. The van der Waals surface area contributed by atoms with Gasteiger partial charge in [0.1, 0.15) is 7.14 Å². The second kappa shape index (κ2) is 32.0. The number of nitrogens with zero attached hydrogens (tertiary/aromatic N) is 6. The standard InChI is InChI=1S/C75H90N6O4P4/c1-58-7-13-67(49-76-58)34-43-86(82,44-35-68-14-8-59(2)77-50-68)40-31-64-19-25-73(26-20-64)55-89(85,56-74-27-21-65(22-28-74)32-41-87(83,45-36-69-15-9-60(3)78-51-69)46-37-70-16-10-61(4)79-52-70)57-75-29-23-66(24-30-75)33-42-88(84,47-38-71-17-11-62(5)80-53-71)48-39-72-18-12-63(6)81-54-72/h7-30,49-54H,31-48,55-57H2,1-6H3. The van der Waals surface area contributed by atoms with Gasteiger partial charge in [0.15, 0.2) is 0 Å². The summed E-state index contributed by atoms with van der Waals surface area (Å²) in [5.41, 5.74) is 18.9. The SMILES string of the molecule is Cc1ccc(CCP(=O)(CCc2ccc(CP(=O)(Cc3ccc(CCP(=O)(CCc4ccc(C)nc4)CCc4ccc(C)nc4)cc3)Cc3ccc(CCP(=O)(CCc4ccc(C)nc4)CCc4ccc(C)nc4)cc3)cc2)CCc2ccc(C)nc2)cn1. The molecular formula is C75H90N6O4P4. The van der Waals surface area contributed by atoms with Crippen molar-refractivity contribution in [2.75, 3.05) is 55.5 Å². The number of aromatic nitrogens is 6. The second-order valence-corrected chi connectivity index (χ2v) is 38.7. The van der Waals surface area contributed by atoms with E-state index >= 15 is 4.57 Å². The van der Waals surface area contributed by atoms with Gasteiger partial charge in [-0.2, -0.15) is 0 Å². The van der Waals surface area contributed by atoms with E-state index < -0.39 is 28.6 Å². The van der Waals surface area contributed by atoms with Crippen LogP contribution in [-0.2, 0) is 94.5 Å². The van der Waals surface area contributed by atoms with Crippen molar-refractivity contribution in [1.29, 1.82) is 0 Å². The van der Waals surface area contributed by atoms with Crippen LogP contribution in [0.3, 0.4) is 0 Å². The van der Waals surface area contributed by atoms with E-state index in [1.54, 1.807) is 0 Å². The molecule has 6 heterocycles. The molecule has 9 rings (SSSR count). The van der Waals surface area contributed by atoms with Crippen LogP contribution in [-0.4, -0.2) is 85.4 Å². The molecule has 0 aliphatic heterocycles. The zero-order valence-corrected chi connectivity index (χ0v) is 56.9. The highest BCUT2D eigenvalue weighted by molar-refractivity contribution is 7.64. The van der Waals surface area contributed by atoms with Gasteiger partial charge in [0, 0.05) is 145 Å². The van der Waals surface area contributed by atoms with E-state index in [1.165, 1.54) is 0 Å². The van der Waals surface area contributed by atoms with E-state index in [0.29, 0.717) is 93.2 Å². The van der Waals surface area contributed by atoms with Crippen LogP contribution in [0.15, 0.2) is 183 Å². The molecular weight excluding hydrogens is 1170 g/mol. The molecule has 464 valence electrons. The summed E-state index contributed by atoms with van der Waals surface area (Å²) >= 11 is 0. The molecule has 3 aromatic carbocycles. The largest absolute Gasteiger partial charge is 0.324 e. The fourth-order valence-electron chi connectivity index (χ4n) is 11.5. The summed E-state index contributed by atoms with van der Waals surface area (Å²) in [7, 11) is -10.8. The first kappa shape index (κ1) is 66.9. The Bertz CT molecular complexity index is 3300. The van der Waals surface area contributed by atoms with Crippen molar-refractivity contribution >= 4 is 28.6 Å². The van der Waals surface area contributed by atoms with Gasteiger partial charge in [-0.05, 0) is 202 Å². The fourth-order valence-corrected chi connectivity index (χ4v) is 22.4. The van der Waals surface area contributed by atoms with Gasteiger partial charge in [0.2, 0.25) is 0 Å². The molecule has 14 heteroatoms. The first-order chi connectivity index (χ1) is 42.8. The lowest BCUT2D eigenvalue weighted by Crippen LogP contribution is -2.08. The molecule has 0 N–H and O–H groups in total. The normalized spacial score (nSPS) is 12.2. The van der Waals surface area contributed by atoms with Gasteiger partial charge in [-0.3, -0.25) is 29.9 Å². The van der Waals surface area contributed by atoms with E-state index in [9.17, 15) is 13.7 Å². The van der Waals surface area contributed by atoms with Crippen LogP contribution in [0.4, 0.5) is 0 Å². The summed E-state index contributed by atoms with van der Waals surface area (Å²) in [6, 6.07) is 50.4. The van der Waals surface area contributed by atoms with E-state index in [0.717, 1.165) is 139 Å². The third-order valence-electron chi connectivity index (χ3n) is 17.6. The van der Waals surface area contributed by atoms with Gasteiger partial charge >= 0.3 is 0 Å². The molecule has 0 saturated carbocycles. The maximum Gasteiger partial charge on any atom is 0.100 e. The highest BCUT2D eigenvalue weighted by Gasteiger charge is 2.28. The molecule has 0 radical (unpaired) electrons. The van der Waals surface area contributed by atoms with Crippen LogP contribution in [0.5, 0.6) is 0 Å². The van der Waals surface area contributed by atoms with E-state index in [4.69, 9.17) is 0 Å². The van der Waals surface area contributed by atoms with Gasteiger partial charge in [0.05, 0.1) is 21.4 Å². The topological polar surface area (TPSA) is 146 Å². The summed E-state index contributed by atoms with van der Waals surface area (Å²) in [6.07, 6.45) is 24.8. The fraction of sp³-hybridized carbons (Fsp3) is 0.360. The Hall–Kier alpha value is -6.52. The van der Waals surface area contributed by atoms with Crippen LogP contribution in [0.1, 0.15) is 101 Å². The lowest BCUT2D eigenvalue weighted by Gasteiger charge is -2.21. The van der Waals surface area contributed by atoms with Crippen molar-refractivity contribution in [3.05, 3.63) is 284 Å². The number of aryl methyl sites for hydroxylation is 15. The summed E-state index contributed by atoms with van der Waals surface area (Å²) in [5, 5.41) is 0. The minimum atomic E-state index is -2.97. The molecule has 0 unspecified atom stereocenters. The van der Waals surface area contributed by atoms with E-state index in [2.05, 4.69) is 139 Å². The number of pyridine rings is 6. The average Bonchev–Trinajstić information content (AvgIpc) is 3.03. The Morgan fingerprint density at radius 3 is 0.506 bits per heavy atom. The second-order valence-electron chi connectivity index (χ2n) is 25.3. The van der Waals surface area contributed by atoms with E-state index in [-0.39, 0.29) is 0 Å². The van der Waals surface area contributed by atoms with Gasteiger partial charge in [0.25, 0.3) is 0 Å². The molecule has 0 atom stereocenters. The highest BCUT2D eigenvalue weighted by atomic mass is 31.2. The average molecular weight is 1260 g/mol. The zero-order chi connectivity index (χ0) is 62.7. The maximum atomic E-state index is 15.9. The maximum absolute atomic E-state index is 15.9. The van der Waals surface area contributed by atoms with Crippen LogP contribution >= 0.6 is 28.6 Å². The van der Waals surface area contributed by atoms with Crippen LogP contribution < -0.4 is 0 Å². The van der Waals surface area contributed by atoms with Gasteiger partial charge in [-0.25, -0.2) is 0 Å². The van der Waals surface area contributed by atoms with E-state index in [1.807, 2.05) is 115 Å². The third kappa shape index (κ3) is 22.1. The molecule has 9 aromatic rings. The highest BCUT2D eigenvalue weighted by Crippen LogP contribution is 2.56. The predicted octanol–water partition coefficient (Wildman–Crippen LogP) is 17.3. The first-order valence-electron chi connectivity index (χ1n) is 31.8. The van der Waals surface area contributed by atoms with Crippen molar-refractivity contribution in [3.8, 4) is 0 Å². The minimum Gasteiger partial charge on any atom is -0.324 e. The lowest BCUT2D eigenvalue weighted by molar-refractivity contribution is 0.571. The Labute approximate surface area is 530 Å². The third-order valence-corrected chi connectivity index (χ3v) is 29.8. The molecule has 0 spiro atoms. The molecule has 6 aromatic heterocycles. The summed E-state index contributed by atoms with van der Waals surface area (Å²) in [5.74, 6) is 0. The van der Waals surface area contributed by atoms with Crippen molar-refractivity contribution in [2.45, 2.75) is 118 Å². The minimum absolute atomic E-state index is 0.427. The van der Waals surface area contributed by atoms with Gasteiger partial charge in [-0.15, -0.1) is 0 Å². The number of hydrogen-bond donors (Lipinski definition) is 0. The van der Waals surface area contributed by atoms with Crippen molar-refractivity contribution < 1.29 is 18.3 Å². The lowest BCUT2D eigenvalue weighted by atomic mass is 10.1. The summed E-state index contributed by atoms with van der Waals surface area (Å²) < 4.78 is 60.5. The quantitative estimate of drug-likeness (QED) is 0.0364. The van der Waals surface area contributed by atoms with Crippen LogP contribution in [0, 0.1) is 41.5 Å². The monoisotopic (exact) mass is 1260 g/mol. The van der Waals surface area contributed by atoms with Crippen molar-refractivity contribution in [3.63, 3.8) is 0 Å². The van der Waals surface area contributed by atoms with Crippen molar-refractivity contribution in [2.24, 2.45) is 0 Å². The van der Waals surface area contributed by atoms with Gasteiger partial charge in [-0.1, -0.05) is 109 Å². The molecule has 0 amide bonds. The smallest absolute Gasteiger partial charge is 0.100 e. The molecule has 0 saturated heterocycles. The first-order valence-corrected chi connectivity index (χ1v) is 40.9. The summed E-state index contributed by atoms with van der Waals surface area (Å²) in [4.78, 5) is 27.0. The molecule has 0 bridgehead atoms. The summed E-state index contributed by atoms with van der Waals surface area (Å²) in [6.45, 7) is 11.9. The van der Waals surface area contributed by atoms with Crippen molar-refractivity contribution in [1.82, 2.24) is 29.9 Å². The molecule has 10 nitrogen and oxygen atoms in total. The van der Waals surface area contributed by atoms with Crippen LogP contribution in [0.25, 0.3) is 0 Å². The Balaban J connectivity index is 0.901. The Morgan fingerprint density at radius 1 is 0.202 bits per heavy atom.